The van der Waals surface area contributed by atoms with E-state index in [1.807, 2.05) is 0 Å². The lowest BCUT2D eigenvalue weighted by Crippen LogP contribution is -2.71. The van der Waals surface area contributed by atoms with Crippen molar-refractivity contribution in [3.05, 3.63) is 23.8 Å². The number of hydrogen-bond acceptors (Lipinski definition) is 8. The van der Waals surface area contributed by atoms with Crippen molar-refractivity contribution in [3.8, 4) is 0 Å². The van der Waals surface area contributed by atoms with E-state index in [9.17, 15) is 24.3 Å². The zero-order chi connectivity index (χ0) is 28.3. The third-order valence-corrected chi connectivity index (χ3v) is 9.81. The van der Waals surface area contributed by atoms with Crippen molar-refractivity contribution >= 4 is 23.7 Å². The maximum Gasteiger partial charge on any atom is 0.509 e. The standard InChI is InChI=1S/C28H36F2O8/c1-6-7-23(34)37-14-22(33)28(38-24(35)36-5)15(2)10-17-18-12-20(29)19-11-16(31)8-9-25(19,3)27(18,30)21(32)13-26(17,28)4/h8-9,11,15,17-18,20-21,32H,6-7,10,12-14H2,1-5H3/t15-,17+,18+,20+,21+,25+,26+,27+,28+/m1/s1. The van der Waals surface area contributed by atoms with Crippen LogP contribution in [0, 0.1) is 28.6 Å². The van der Waals surface area contributed by atoms with Crippen LogP contribution in [0.1, 0.15) is 59.8 Å². The minimum absolute atomic E-state index is 0.00608. The van der Waals surface area contributed by atoms with Crippen molar-refractivity contribution in [1.29, 1.82) is 0 Å². The summed E-state index contributed by atoms with van der Waals surface area (Å²) in [7, 11) is 1.09. The van der Waals surface area contributed by atoms with Crippen molar-refractivity contribution in [2.24, 2.45) is 28.6 Å². The van der Waals surface area contributed by atoms with Crippen molar-refractivity contribution in [1.82, 2.24) is 0 Å². The molecule has 0 bridgehead atoms. The Labute approximate surface area is 220 Å². The fraction of sp³-hybridized carbons (Fsp3) is 0.714. The molecule has 0 aliphatic heterocycles. The number of hydrogen-bond donors (Lipinski definition) is 1. The number of allylic oxidation sites excluding steroid dienone is 4. The number of carbonyl (C=O) groups excluding carboxylic acids is 4. The number of Topliss-reactive ketones (excluding diaryl/α,β-unsaturated/α-hetero) is 1. The quantitative estimate of drug-likeness (QED) is 0.505. The lowest BCUT2D eigenvalue weighted by atomic mass is 9.44. The van der Waals surface area contributed by atoms with Gasteiger partial charge in [-0.15, -0.1) is 0 Å². The average Bonchev–Trinajstić information content (AvgIpc) is 3.07. The summed E-state index contributed by atoms with van der Waals surface area (Å²) in [6.07, 6.45) is -0.630. The number of aliphatic hydroxyl groups excluding tert-OH is 1. The topological polar surface area (TPSA) is 116 Å². The first-order valence-corrected chi connectivity index (χ1v) is 13.1. The number of esters is 1. The number of ketones is 2. The Balaban J connectivity index is 1.80. The van der Waals surface area contributed by atoms with Gasteiger partial charge >= 0.3 is 12.1 Å². The van der Waals surface area contributed by atoms with Gasteiger partial charge in [-0.1, -0.05) is 26.8 Å². The highest BCUT2D eigenvalue weighted by atomic mass is 19.1. The van der Waals surface area contributed by atoms with Crippen LogP contribution in [0.25, 0.3) is 0 Å². The minimum atomic E-state index is -2.35. The molecule has 1 N–H and O–H groups in total. The molecule has 0 heterocycles. The second kappa shape index (κ2) is 9.54. The largest absolute Gasteiger partial charge is 0.509 e. The smallest absolute Gasteiger partial charge is 0.457 e. The molecule has 0 spiro atoms. The van der Waals surface area contributed by atoms with Gasteiger partial charge in [0.1, 0.15) is 6.17 Å². The number of alkyl halides is 2. The number of ether oxygens (including phenoxy) is 3. The van der Waals surface area contributed by atoms with Crippen LogP contribution in [0.15, 0.2) is 23.8 Å². The first-order chi connectivity index (χ1) is 17.7. The Morgan fingerprint density at radius 1 is 1.18 bits per heavy atom. The summed E-state index contributed by atoms with van der Waals surface area (Å²) in [5.41, 5.74) is -7.18. The Morgan fingerprint density at radius 2 is 1.87 bits per heavy atom. The maximum absolute atomic E-state index is 17.4. The first kappa shape index (κ1) is 28.4. The van der Waals surface area contributed by atoms with Crippen LogP contribution in [0.3, 0.4) is 0 Å². The zero-order valence-corrected chi connectivity index (χ0v) is 22.4. The van der Waals surface area contributed by atoms with Crippen LogP contribution in [0.2, 0.25) is 0 Å². The van der Waals surface area contributed by atoms with Crippen molar-refractivity contribution in [2.45, 2.75) is 83.3 Å². The van der Waals surface area contributed by atoms with E-state index in [-0.39, 0.29) is 31.3 Å². The molecular formula is C28H36F2O8. The van der Waals surface area contributed by atoms with Crippen molar-refractivity contribution in [3.63, 3.8) is 0 Å². The van der Waals surface area contributed by atoms with Gasteiger partial charge < -0.3 is 19.3 Å². The Morgan fingerprint density at radius 3 is 2.50 bits per heavy atom. The van der Waals surface area contributed by atoms with Crippen LogP contribution in [0.4, 0.5) is 13.6 Å². The number of fused-ring (bicyclic) bond motifs is 5. The van der Waals surface area contributed by atoms with Gasteiger partial charge in [0, 0.05) is 29.1 Å². The summed E-state index contributed by atoms with van der Waals surface area (Å²) in [4.78, 5) is 50.3. The van der Waals surface area contributed by atoms with Crippen LogP contribution < -0.4 is 0 Å². The highest BCUT2D eigenvalue weighted by molar-refractivity contribution is 6.01. The second-order valence-corrected chi connectivity index (χ2v) is 11.6. The molecule has 0 radical (unpaired) electrons. The van der Waals surface area contributed by atoms with E-state index in [1.54, 1.807) is 20.8 Å². The summed E-state index contributed by atoms with van der Waals surface area (Å²) < 4.78 is 48.6. The third kappa shape index (κ3) is 3.69. The molecule has 0 amide bonds. The normalized spacial score (nSPS) is 43.3. The number of rotatable bonds is 6. The van der Waals surface area contributed by atoms with Crippen LogP contribution >= 0.6 is 0 Å². The molecule has 10 heteroatoms. The molecule has 4 aliphatic carbocycles. The molecule has 4 rings (SSSR count). The Kier molecular flexibility index (Phi) is 7.12. The molecule has 0 aromatic heterocycles. The number of carbonyl (C=O) groups is 4. The van der Waals surface area contributed by atoms with E-state index in [1.165, 1.54) is 19.1 Å². The number of halogens is 2. The summed E-state index contributed by atoms with van der Waals surface area (Å²) in [6.45, 7) is 5.90. The maximum atomic E-state index is 17.4. The van der Waals surface area contributed by atoms with E-state index in [4.69, 9.17) is 14.2 Å². The van der Waals surface area contributed by atoms with Crippen molar-refractivity contribution < 1.29 is 47.3 Å². The molecule has 0 aromatic carbocycles. The highest BCUT2D eigenvalue weighted by Gasteiger charge is 2.78. The zero-order valence-electron chi connectivity index (χ0n) is 22.4. The van der Waals surface area contributed by atoms with Crippen molar-refractivity contribution in [2.75, 3.05) is 13.7 Å². The predicted molar refractivity (Wildman–Crippen MR) is 130 cm³/mol. The summed E-state index contributed by atoms with van der Waals surface area (Å²) in [5, 5.41) is 11.5. The molecule has 3 saturated carbocycles. The summed E-state index contributed by atoms with van der Waals surface area (Å²) >= 11 is 0. The van der Waals surface area contributed by atoms with Gasteiger partial charge in [0.2, 0.25) is 5.78 Å². The molecule has 8 nitrogen and oxygen atoms in total. The molecule has 0 aromatic rings. The lowest BCUT2D eigenvalue weighted by molar-refractivity contribution is -0.226. The molecular weight excluding hydrogens is 502 g/mol. The summed E-state index contributed by atoms with van der Waals surface area (Å²) in [6, 6.07) is 0. The van der Waals surface area contributed by atoms with E-state index < -0.39 is 82.4 Å². The molecule has 210 valence electrons. The summed E-state index contributed by atoms with van der Waals surface area (Å²) in [5.74, 6) is -4.17. The second-order valence-electron chi connectivity index (χ2n) is 11.6. The van der Waals surface area contributed by atoms with E-state index >= 15 is 8.78 Å². The molecule has 0 saturated heterocycles. The lowest BCUT2D eigenvalue weighted by Gasteiger charge is -2.63. The average molecular weight is 539 g/mol. The first-order valence-electron chi connectivity index (χ1n) is 13.1. The molecule has 0 unspecified atom stereocenters. The molecule has 4 aliphatic rings. The van der Waals surface area contributed by atoms with E-state index in [2.05, 4.69) is 0 Å². The van der Waals surface area contributed by atoms with Gasteiger partial charge in [-0.2, -0.15) is 0 Å². The third-order valence-electron chi connectivity index (χ3n) is 9.81. The molecule has 3 fully saturated rings. The predicted octanol–water partition coefficient (Wildman–Crippen LogP) is 3.99. The number of methoxy groups -OCH3 is 1. The van der Waals surface area contributed by atoms with Crippen LogP contribution in [-0.2, 0) is 28.6 Å². The fourth-order valence-corrected chi connectivity index (χ4v) is 8.09. The minimum Gasteiger partial charge on any atom is -0.457 e. The Bertz CT molecular complexity index is 1100. The number of aliphatic hydroxyl groups is 1. The van der Waals surface area contributed by atoms with Gasteiger partial charge in [-0.05, 0) is 56.3 Å². The Hall–Kier alpha value is -2.62. The SMILES string of the molecule is CCCC(=O)OCC(=O)[C@@]1(OC(=O)OC)[C@H](C)C[C@H]2[C@@H]3C[C@H](F)C4=CC(=O)C=C[C@]4(C)[C@@]3(F)[C@@H](O)C[C@@]21C. The van der Waals surface area contributed by atoms with Crippen LogP contribution in [-0.4, -0.2) is 66.1 Å². The van der Waals surface area contributed by atoms with Gasteiger partial charge in [0.05, 0.1) is 13.2 Å². The van der Waals surface area contributed by atoms with E-state index in [0.717, 1.165) is 13.2 Å². The fourth-order valence-electron chi connectivity index (χ4n) is 8.09. The van der Waals surface area contributed by atoms with Crippen LogP contribution in [0.5, 0.6) is 0 Å². The van der Waals surface area contributed by atoms with Gasteiger partial charge in [-0.25, -0.2) is 13.6 Å². The molecule has 38 heavy (non-hydrogen) atoms. The van der Waals surface area contributed by atoms with Gasteiger partial charge in [0.25, 0.3) is 0 Å². The monoisotopic (exact) mass is 538 g/mol. The van der Waals surface area contributed by atoms with Gasteiger partial charge in [-0.3, -0.25) is 14.4 Å². The van der Waals surface area contributed by atoms with E-state index in [0.29, 0.717) is 6.42 Å². The molecule has 9 atom stereocenters. The highest BCUT2D eigenvalue weighted by Crippen LogP contribution is 2.71. The van der Waals surface area contributed by atoms with Gasteiger partial charge in [0.15, 0.2) is 23.7 Å².